The minimum atomic E-state index is -0.996. The molecule has 0 bridgehead atoms. The molecule has 2 amide bonds. The number of aliphatic carboxylic acids is 1. The fraction of sp³-hybridized carbons (Fsp3) is 0.231. The normalized spacial score (nSPS) is 16.4. The Morgan fingerprint density at radius 2 is 2.23 bits per heavy atom. The van der Waals surface area contributed by atoms with Gasteiger partial charge in [-0.2, -0.15) is 0 Å². The van der Waals surface area contributed by atoms with Crippen molar-refractivity contribution in [2.24, 2.45) is 0 Å². The summed E-state index contributed by atoms with van der Waals surface area (Å²) in [7, 11) is 0. The highest BCUT2D eigenvalue weighted by atomic mass is 32.2. The Hall–Kier alpha value is -1.71. The number of carbonyl (C=O) groups is 3. The second-order valence-corrected chi connectivity index (χ2v) is 6.93. The molecule has 1 aromatic rings. The average Bonchev–Trinajstić information content (AvgIpc) is 3.03. The quantitative estimate of drug-likeness (QED) is 0.594. The summed E-state index contributed by atoms with van der Waals surface area (Å²) in [6, 6.07) is 3.77. The van der Waals surface area contributed by atoms with Gasteiger partial charge in [-0.15, -0.1) is 11.3 Å². The maximum absolute atomic E-state index is 12.2. The lowest BCUT2D eigenvalue weighted by atomic mass is 10.3. The molecule has 1 aliphatic rings. The van der Waals surface area contributed by atoms with E-state index in [0.717, 1.165) is 16.6 Å². The van der Waals surface area contributed by atoms with Crippen LogP contribution in [-0.4, -0.2) is 45.2 Å². The van der Waals surface area contributed by atoms with Crippen LogP contribution in [0.4, 0.5) is 0 Å². The van der Waals surface area contributed by atoms with Crippen LogP contribution >= 0.6 is 35.3 Å². The van der Waals surface area contributed by atoms with Crippen molar-refractivity contribution in [2.45, 2.75) is 6.42 Å². The summed E-state index contributed by atoms with van der Waals surface area (Å²) in [6.45, 7) is -0.180. The molecule has 9 heteroatoms. The molecular weight excluding hydrogens is 344 g/mol. The van der Waals surface area contributed by atoms with Crippen LogP contribution in [0.2, 0.25) is 0 Å². The van der Waals surface area contributed by atoms with E-state index in [1.54, 1.807) is 6.08 Å². The van der Waals surface area contributed by atoms with Crippen LogP contribution in [0.25, 0.3) is 6.08 Å². The van der Waals surface area contributed by atoms with Gasteiger partial charge in [0.05, 0.1) is 11.3 Å². The van der Waals surface area contributed by atoms with Gasteiger partial charge < -0.3 is 10.4 Å². The monoisotopic (exact) mass is 356 g/mol. The van der Waals surface area contributed by atoms with E-state index >= 15 is 0 Å². The molecule has 0 atom stereocenters. The third-order valence-corrected chi connectivity index (χ3v) is 4.85. The van der Waals surface area contributed by atoms with Gasteiger partial charge in [0.25, 0.3) is 5.91 Å². The number of hydrogen-bond donors (Lipinski definition) is 2. The van der Waals surface area contributed by atoms with Gasteiger partial charge in [0, 0.05) is 11.4 Å². The molecule has 0 aromatic carbocycles. The predicted octanol–water partition coefficient (Wildman–Crippen LogP) is 1.54. The number of thiophene rings is 1. The summed E-state index contributed by atoms with van der Waals surface area (Å²) >= 11 is 7.77. The van der Waals surface area contributed by atoms with E-state index in [2.05, 4.69) is 5.32 Å². The summed E-state index contributed by atoms with van der Waals surface area (Å²) in [5.74, 6) is -1.74. The highest BCUT2D eigenvalue weighted by molar-refractivity contribution is 8.26. The summed E-state index contributed by atoms with van der Waals surface area (Å²) in [5, 5.41) is 12.9. The Labute approximate surface area is 140 Å². The van der Waals surface area contributed by atoms with Crippen LogP contribution in [0, 0.1) is 0 Å². The van der Waals surface area contributed by atoms with Crippen molar-refractivity contribution < 1.29 is 19.5 Å². The number of hydrogen-bond acceptors (Lipinski definition) is 6. The van der Waals surface area contributed by atoms with Crippen molar-refractivity contribution in [3.8, 4) is 0 Å². The molecule has 0 spiro atoms. The van der Waals surface area contributed by atoms with Crippen molar-refractivity contribution in [3.63, 3.8) is 0 Å². The Kier molecular flexibility index (Phi) is 5.69. The molecule has 116 valence electrons. The minimum absolute atomic E-state index is 0.0218. The first kappa shape index (κ1) is 16.7. The van der Waals surface area contributed by atoms with Crippen molar-refractivity contribution in [2.75, 3.05) is 13.1 Å². The molecular formula is C13H12N2O4S3. The molecule has 0 saturated carbocycles. The van der Waals surface area contributed by atoms with E-state index < -0.39 is 11.9 Å². The molecule has 2 N–H and O–H groups in total. The molecule has 2 rings (SSSR count). The predicted molar refractivity (Wildman–Crippen MR) is 89.5 cm³/mol. The number of thioether (sulfide) groups is 1. The highest BCUT2D eigenvalue weighted by Crippen LogP contribution is 2.32. The Balaban J connectivity index is 1.94. The first-order chi connectivity index (χ1) is 10.5. The standard InChI is InChI=1S/C13H12N2O4S3/c16-10(14-4-3-11(17)18)7-15-12(19)9(22-13(15)20)6-8-2-1-5-21-8/h1-2,5-6H,3-4,7H2,(H,14,16)(H,17,18)/b9-6-. The van der Waals surface area contributed by atoms with Gasteiger partial charge in [-0.3, -0.25) is 19.3 Å². The molecule has 22 heavy (non-hydrogen) atoms. The van der Waals surface area contributed by atoms with Gasteiger partial charge in [0.2, 0.25) is 5.91 Å². The summed E-state index contributed by atoms with van der Waals surface area (Å²) in [5.41, 5.74) is 0. The van der Waals surface area contributed by atoms with Gasteiger partial charge in [-0.05, 0) is 17.5 Å². The van der Waals surface area contributed by atoms with E-state index in [4.69, 9.17) is 17.3 Å². The molecule has 0 unspecified atom stereocenters. The number of thiocarbonyl (C=S) groups is 1. The number of carboxylic acid groups (broad SMARTS) is 1. The fourth-order valence-corrected chi connectivity index (χ4v) is 3.63. The molecule has 1 saturated heterocycles. The summed E-state index contributed by atoms with van der Waals surface area (Å²) in [6.07, 6.45) is 1.58. The first-order valence-corrected chi connectivity index (χ1v) is 8.35. The SMILES string of the molecule is O=C(O)CCNC(=O)CN1C(=O)/C(=C/c2cccs2)SC1=S. The van der Waals surface area contributed by atoms with Crippen LogP contribution in [0.5, 0.6) is 0 Å². The zero-order chi connectivity index (χ0) is 16.1. The maximum Gasteiger partial charge on any atom is 0.305 e. The van der Waals surface area contributed by atoms with E-state index in [1.165, 1.54) is 16.2 Å². The number of nitrogens with zero attached hydrogens (tertiary/aromatic N) is 1. The van der Waals surface area contributed by atoms with Gasteiger partial charge in [0.15, 0.2) is 0 Å². The second kappa shape index (κ2) is 7.52. The Morgan fingerprint density at radius 1 is 1.45 bits per heavy atom. The second-order valence-electron chi connectivity index (χ2n) is 4.28. The lowest BCUT2D eigenvalue weighted by Crippen LogP contribution is -2.40. The zero-order valence-corrected chi connectivity index (χ0v) is 13.7. The van der Waals surface area contributed by atoms with Gasteiger partial charge in [-0.25, -0.2) is 0 Å². The van der Waals surface area contributed by atoms with Crippen molar-refractivity contribution in [1.29, 1.82) is 0 Å². The first-order valence-electron chi connectivity index (χ1n) is 6.24. The Morgan fingerprint density at radius 3 is 2.86 bits per heavy atom. The number of amides is 2. The molecule has 6 nitrogen and oxygen atoms in total. The van der Waals surface area contributed by atoms with Gasteiger partial charge in [0.1, 0.15) is 10.9 Å². The lowest BCUT2D eigenvalue weighted by Gasteiger charge is -2.13. The van der Waals surface area contributed by atoms with Crippen LogP contribution in [0.3, 0.4) is 0 Å². The van der Waals surface area contributed by atoms with E-state index in [9.17, 15) is 14.4 Å². The largest absolute Gasteiger partial charge is 0.481 e. The fourth-order valence-electron chi connectivity index (χ4n) is 1.65. The van der Waals surface area contributed by atoms with E-state index in [-0.39, 0.29) is 25.4 Å². The van der Waals surface area contributed by atoms with E-state index in [1.807, 2.05) is 17.5 Å². The van der Waals surface area contributed by atoms with Gasteiger partial charge >= 0.3 is 5.97 Å². The molecule has 1 aromatic heterocycles. The number of rotatable bonds is 6. The maximum atomic E-state index is 12.2. The number of nitrogens with one attached hydrogen (secondary N) is 1. The van der Waals surface area contributed by atoms with Gasteiger partial charge in [-0.1, -0.05) is 30.0 Å². The van der Waals surface area contributed by atoms with Crippen molar-refractivity contribution in [1.82, 2.24) is 10.2 Å². The zero-order valence-electron chi connectivity index (χ0n) is 11.3. The van der Waals surface area contributed by atoms with Crippen LogP contribution < -0.4 is 5.32 Å². The average molecular weight is 356 g/mol. The number of carboxylic acids is 1. The topological polar surface area (TPSA) is 86.7 Å². The third-order valence-electron chi connectivity index (χ3n) is 2.65. The smallest absolute Gasteiger partial charge is 0.305 e. The van der Waals surface area contributed by atoms with Crippen molar-refractivity contribution >= 4 is 63.5 Å². The molecule has 1 fully saturated rings. The highest BCUT2D eigenvalue weighted by Gasteiger charge is 2.33. The minimum Gasteiger partial charge on any atom is -0.481 e. The number of carbonyl (C=O) groups excluding carboxylic acids is 2. The lowest BCUT2D eigenvalue weighted by molar-refractivity contribution is -0.137. The van der Waals surface area contributed by atoms with Crippen LogP contribution in [0.1, 0.15) is 11.3 Å². The molecule has 2 heterocycles. The molecule has 0 aliphatic carbocycles. The molecule has 0 radical (unpaired) electrons. The van der Waals surface area contributed by atoms with Crippen molar-refractivity contribution in [3.05, 3.63) is 27.3 Å². The van der Waals surface area contributed by atoms with Crippen LogP contribution in [0.15, 0.2) is 22.4 Å². The Bertz CT molecular complexity index is 640. The summed E-state index contributed by atoms with van der Waals surface area (Å²) < 4.78 is 0.321. The van der Waals surface area contributed by atoms with E-state index in [0.29, 0.717) is 9.23 Å². The van der Waals surface area contributed by atoms with Crippen LogP contribution in [-0.2, 0) is 14.4 Å². The molecule has 1 aliphatic heterocycles. The summed E-state index contributed by atoms with van der Waals surface area (Å²) in [4.78, 5) is 37.0. The third kappa shape index (κ3) is 4.39.